The van der Waals surface area contributed by atoms with Crippen LogP contribution in [0.25, 0.3) is 0 Å². The number of para-hydroxylation sites is 3. The van der Waals surface area contributed by atoms with Crippen molar-refractivity contribution in [2.45, 2.75) is 0 Å². The van der Waals surface area contributed by atoms with E-state index in [4.69, 9.17) is 21.1 Å². The standard InChI is InChI=1S/C20H17ClN2O3/c1-25-18-10-6-5-9-16(18)22-20(24)23-17-13-14(21)11-12-19(17)26-15-7-3-2-4-8-15/h2-13H,1H3,(H2,22,23,24). The number of urea groups is 1. The Morgan fingerprint density at radius 1 is 0.846 bits per heavy atom. The van der Waals surface area contributed by atoms with Crippen LogP contribution in [0.2, 0.25) is 5.02 Å². The van der Waals surface area contributed by atoms with E-state index < -0.39 is 6.03 Å². The Hall–Kier alpha value is -3.18. The van der Waals surface area contributed by atoms with Gasteiger partial charge in [0.1, 0.15) is 11.5 Å². The molecule has 0 atom stereocenters. The van der Waals surface area contributed by atoms with Gasteiger partial charge in [0.25, 0.3) is 0 Å². The second-order valence-electron chi connectivity index (χ2n) is 5.34. The first kappa shape index (κ1) is 17.6. The molecule has 3 rings (SSSR count). The van der Waals surface area contributed by atoms with Crippen molar-refractivity contribution in [3.05, 3.63) is 77.8 Å². The van der Waals surface area contributed by atoms with Crippen molar-refractivity contribution in [3.63, 3.8) is 0 Å². The van der Waals surface area contributed by atoms with Gasteiger partial charge >= 0.3 is 6.03 Å². The minimum atomic E-state index is -0.435. The third-order valence-electron chi connectivity index (χ3n) is 3.52. The highest BCUT2D eigenvalue weighted by atomic mass is 35.5. The molecule has 0 fully saturated rings. The Morgan fingerprint density at radius 3 is 2.31 bits per heavy atom. The first-order chi connectivity index (χ1) is 12.7. The number of halogens is 1. The Bertz CT molecular complexity index is 901. The fraction of sp³-hybridized carbons (Fsp3) is 0.0500. The highest BCUT2D eigenvalue weighted by Crippen LogP contribution is 2.32. The van der Waals surface area contributed by atoms with Crippen LogP contribution in [0.15, 0.2) is 72.8 Å². The van der Waals surface area contributed by atoms with Gasteiger partial charge in [-0.1, -0.05) is 41.9 Å². The fourth-order valence-electron chi connectivity index (χ4n) is 2.33. The minimum Gasteiger partial charge on any atom is -0.495 e. The molecule has 0 heterocycles. The van der Waals surface area contributed by atoms with Crippen molar-refractivity contribution in [3.8, 4) is 17.2 Å². The van der Waals surface area contributed by atoms with Crippen LogP contribution in [-0.4, -0.2) is 13.1 Å². The van der Waals surface area contributed by atoms with Gasteiger partial charge in [-0.15, -0.1) is 0 Å². The van der Waals surface area contributed by atoms with Gasteiger partial charge < -0.3 is 20.1 Å². The molecule has 0 unspecified atom stereocenters. The Balaban J connectivity index is 1.78. The Kier molecular flexibility index (Phi) is 5.61. The fourth-order valence-corrected chi connectivity index (χ4v) is 2.50. The summed E-state index contributed by atoms with van der Waals surface area (Å²) in [6.07, 6.45) is 0. The van der Waals surface area contributed by atoms with Crippen molar-refractivity contribution in [1.82, 2.24) is 0 Å². The zero-order chi connectivity index (χ0) is 18.4. The van der Waals surface area contributed by atoms with E-state index >= 15 is 0 Å². The van der Waals surface area contributed by atoms with Crippen LogP contribution in [0.5, 0.6) is 17.2 Å². The summed E-state index contributed by atoms with van der Waals surface area (Å²) >= 11 is 6.06. The van der Waals surface area contributed by atoms with Crippen LogP contribution in [0.4, 0.5) is 16.2 Å². The molecule has 2 amide bonds. The lowest BCUT2D eigenvalue weighted by Gasteiger charge is -2.14. The number of ether oxygens (including phenoxy) is 2. The van der Waals surface area contributed by atoms with Crippen molar-refractivity contribution in [2.24, 2.45) is 0 Å². The summed E-state index contributed by atoms with van der Waals surface area (Å²) in [6, 6.07) is 21.0. The number of carbonyl (C=O) groups is 1. The Morgan fingerprint density at radius 2 is 1.54 bits per heavy atom. The lowest BCUT2D eigenvalue weighted by atomic mass is 10.2. The molecule has 6 heteroatoms. The summed E-state index contributed by atoms with van der Waals surface area (Å²) in [5.41, 5.74) is 1.01. The molecule has 0 aromatic heterocycles. The van der Waals surface area contributed by atoms with Crippen LogP contribution in [-0.2, 0) is 0 Å². The van der Waals surface area contributed by atoms with E-state index in [1.54, 1.807) is 37.4 Å². The smallest absolute Gasteiger partial charge is 0.323 e. The van der Waals surface area contributed by atoms with Gasteiger partial charge in [-0.2, -0.15) is 0 Å². The normalized spacial score (nSPS) is 10.1. The summed E-state index contributed by atoms with van der Waals surface area (Å²) in [7, 11) is 1.54. The number of amides is 2. The van der Waals surface area contributed by atoms with Crippen LogP contribution < -0.4 is 20.1 Å². The lowest BCUT2D eigenvalue weighted by Crippen LogP contribution is -2.20. The van der Waals surface area contributed by atoms with Gasteiger partial charge in [0.2, 0.25) is 0 Å². The molecule has 26 heavy (non-hydrogen) atoms. The van der Waals surface area contributed by atoms with Crippen LogP contribution in [0, 0.1) is 0 Å². The number of benzene rings is 3. The maximum Gasteiger partial charge on any atom is 0.323 e. The SMILES string of the molecule is COc1ccccc1NC(=O)Nc1cc(Cl)ccc1Oc1ccccc1. The van der Waals surface area contributed by atoms with E-state index in [1.165, 1.54) is 0 Å². The van der Waals surface area contributed by atoms with Gasteiger partial charge in [0.05, 0.1) is 18.5 Å². The van der Waals surface area contributed by atoms with Crippen molar-refractivity contribution in [2.75, 3.05) is 17.7 Å². The molecule has 0 spiro atoms. The quantitative estimate of drug-likeness (QED) is 0.599. The maximum absolute atomic E-state index is 12.4. The number of anilines is 2. The molecule has 0 saturated carbocycles. The molecule has 2 N–H and O–H groups in total. The number of nitrogens with one attached hydrogen (secondary N) is 2. The van der Waals surface area contributed by atoms with Crippen LogP contribution >= 0.6 is 11.6 Å². The molecular formula is C20H17ClN2O3. The molecule has 0 aliphatic carbocycles. The van der Waals surface area contributed by atoms with E-state index in [1.807, 2.05) is 42.5 Å². The van der Waals surface area contributed by atoms with Gasteiger partial charge in [0, 0.05) is 5.02 Å². The number of hydrogen-bond donors (Lipinski definition) is 2. The Labute approximate surface area is 156 Å². The molecule has 3 aromatic rings. The van der Waals surface area contributed by atoms with Crippen molar-refractivity contribution >= 4 is 29.0 Å². The molecule has 0 bridgehead atoms. The second-order valence-corrected chi connectivity index (χ2v) is 5.77. The maximum atomic E-state index is 12.4. The topological polar surface area (TPSA) is 59.6 Å². The zero-order valence-electron chi connectivity index (χ0n) is 14.0. The first-order valence-corrected chi connectivity index (χ1v) is 8.27. The van der Waals surface area contributed by atoms with Gasteiger partial charge in [-0.25, -0.2) is 4.79 Å². The summed E-state index contributed by atoms with van der Waals surface area (Å²) < 4.78 is 11.1. The van der Waals surface area contributed by atoms with E-state index in [-0.39, 0.29) is 0 Å². The van der Waals surface area contributed by atoms with Crippen molar-refractivity contribution in [1.29, 1.82) is 0 Å². The second kappa shape index (κ2) is 8.27. The minimum absolute atomic E-state index is 0.435. The summed E-state index contributed by atoms with van der Waals surface area (Å²) in [5, 5.41) is 5.99. The molecule has 5 nitrogen and oxygen atoms in total. The molecule has 0 radical (unpaired) electrons. The monoisotopic (exact) mass is 368 g/mol. The summed E-state index contributed by atoms with van der Waals surface area (Å²) in [6.45, 7) is 0. The summed E-state index contributed by atoms with van der Waals surface area (Å²) in [4.78, 5) is 12.4. The average Bonchev–Trinajstić information content (AvgIpc) is 2.65. The molecule has 0 saturated heterocycles. The van der Waals surface area contributed by atoms with Crippen LogP contribution in [0.1, 0.15) is 0 Å². The number of methoxy groups -OCH3 is 1. The highest BCUT2D eigenvalue weighted by Gasteiger charge is 2.12. The van der Waals surface area contributed by atoms with E-state index in [2.05, 4.69) is 10.6 Å². The van der Waals surface area contributed by atoms with E-state index in [9.17, 15) is 4.79 Å². The predicted molar refractivity (Wildman–Crippen MR) is 104 cm³/mol. The molecule has 3 aromatic carbocycles. The van der Waals surface area contributed by atoms with Crippen molar-refractivity contribution < 1.29 is 14.3 Å². The third kappa shape index (κ3) is 4.46. The molecule has 0 aliphatic rings. The van der Waals surface area contributed by atoms with E-state index in [0.29, 0.717) is 33.6 Å². The van der Waals surface area contributed by atoms with Gasteiger partial charge in [0.15, 0.2) is 5.75 Å². The van der Waals surface area contributed by atoms with E-state index in [0.717, 1.165) is 0 Å². The lowest BCUT2D eigenvalue weighted by molar-refractivity contribution is 0.262. The summed E-state index contributed by atoms with van der Waals surface area (Å²) in [5.74, 6) is 1.70. The highest BCUT2D eigenvalue weighted by molar-refractivity contribution is 6.31. The average molecular weight is 369 g/mol. The van der Waals surface area contributed by atoms with Gasteiger partial charge in [-0.05, 0) is 42.5 Å². The third-order valence-corrected chi connectivity index (χ3v) is 3.75. The largest absolute Gasteiger partial charge is 0.495 e. The predicted octanol–water partition coefficient (Wildman–Crippen LogP) is 5.78. The number of carbonyl (C=O) groups excluding carboxylic acids is 1. The van der Waals surface area contributed by atoms with Gasteiger partial charge in [-0.3, -0.25) is 0 Å². The molecule has 132 valence electrons. The molecular weight excluding hydrogens is 352 g/mol. The number of hydrogen-bond acceptors (Lipinski definition) is 3. The zero-order valence-corrected chi connectivity index (χ0v) is 14.8. The number of rotatable bonds is 5. The molecule has 0 aliphatic heterocycles. The first-order valence-electron chi connectivity index (χ1n) is 7.89. The van der Waals surface area contributed by atoms with Crippen LogP contribution in [0.3, 0.4) is 0 Å².